The van der Waals surface area contributed by atoms with Crippen molar-refractivity contribution in [1.82, 2.24) is 4.90 Å². The number of aliphatic hydroxyl groups is 4. The molecule has 5 aromatic rings. The molecule has 3 aliphatic carbocycles. The van der Waals surface area contributed by atoms with E-state index in [2.05, 4.69) is 5.32 Å². The van der Waals surface area contributed by atoms with Crippen LogP contribution in [0.3, 0.4) is 0 Å². The van der Waals surface area contributed by atoms with E-state index in [1.807, 2.05) is 42.5 Å². The van der Waals surface area contributed by atoms with Gasteiger partial charge in [0.05, 0.1) is 46.5 Å². The third kappa shape index (κ3) is 10.3. The minimum absolute atomic E-state index is 0. The van der Waals surface area contributed by atoms with Crippen LogP contribution in [0, 0.1) is 11.8 Å². The van der Waals surface area contributed by atoms with Crippen molar-refractivity contribution in [2.75, 3.05) is 26.5 Å². The number of methoxy groups -OCH3 is 1. The van der Waals surface area contributed by atoms with Crippen molar-refractivity contribution in [2.45, 2.75) is 49.9 Å². The summed E-state index contributed by atoms with van der Waals surface area (Å²) in [6.45, 7) is 3.03. The Labute approximate surface area is 428 Å². The molecule has 3 aliphatic rings. The van der Waals surface area contributed by atoms with Crippen molar-refractivity contribution in [3.8, 4) is 11.5 Å². The van der Waals surface area contributed by atoms with Gasteiger partial charge in [-0.3, -0.25) is 24.1 Å². The quantitative estimate of drug-likeness (QED) is 0.0779. The maximum Gasteiger partial charge on any atom is 1.00 e. The molecule has 1 amide bonds. The number of anilines is 2. The number of hydrogen-bond donors (Lipinski definition) is 8. The number of benzene rings is 5. The zero-order chi connectivity index (χ0) is 50.2. The fourth-order valence-corrected chi connectivity index (χ4v) is 9.49. The summed E-state index contributed by atoms with van der Waals surface area (Å²) >= 11 is 12.1. The molecule has 0 aliphatic heterocycles. The number of carbonyl (C=O) groups is 5. The summed E-state index contributed by atoms with van der Waals surface area (Å²) in [5.41, 5.74) is 2.02. The Bertz CT molecular complexity index is 2920. The van der Waals surface area contributed by atoms with E-state index < -0.39 is 92.8 Å². The average molecular weight is 993 g/mol. The summed E-state index contributed by atoms with van der Waals surface area (Å²) in [7, 11) is 4.68. The number of carboxylic acid groups (broad SMARTS) is 2. The van der Waals surface area contributed by atoms with Crippen LogP contribution < -0.4 is 50.5 Å². The second kappa shape index (κ2) is 21.4. The van der Waals surface area contributed by atoms with Gasteiger partial charge in [-0.25, -0.2) is 0 Å². The van der Waals surface area contributed by atoms with Gasteiger partial charge in [-0.1, -0.05) is 90.8 Å². The number of carbonyl (C=O) groups excluding carboxylic acids is 4. The number of likely N-dealkylation sites (N-methyl/N-ethyl adjacent to an activating group) is 1. The fourth-order valence-electron chi connectivity index (χ4n) is 8.99. The second-order valence-corrected chi connectivity index (χ2v) is 17.7. The molecule has 0 bridgehead atoms. The fraction of sp³-hybridized carbons (Fsp3) is 0.260. The van der Waals surface area contributed by atoms with Gasteiger partial charge in [-0.2, -0.15) is 0 Å². The van der Waals surface area contributed by atoms with E-state index in [0.29, 0.717) is 27.0 Å². The minimum Gasteiger partial charge on any atom is -0.550 e. The summed E-state index contributed by atoms with van der Waals surface area (Å²) in [4.78, 5) is 61.5. The van der Waals surface area contributed by atoms with E-state index in [9.17, 15) is 54.6 Å². The predicted octanol–water partition coefficient (Wildman–Crippen LogP) is 2.86. The Morgan fingerprint density at radius 2 is 1.52 bits per heavy atom. The van der Waals surface area contributed by atoms with Crippen molar-refractivity contribution >= 4 is 74.8 Å². The summed E-state index contributed by atoms with van der Waals surface area (Å²) < 4.78 is 5.13. The Hall–Kier alpha value is -5.95. The van der Waals surface area contributed by atoms with E-state index in [-0.39, 0.29) is 53.5 Å². The number of aliphatic hydroxyl groups excluding tert-OH is 2. The predicted molar refractivity (Wildman–Crippen MR) is 251 cm³/mol. The number of carboxylic acids is 2. The van der Waals surface area contributed by atoms with Gasteiger partial charge in [0, 0.05) is 35.0 Å². The molecule has 0 heterocycles. The van der Waals surface area contributed by atoms with Crippen LogP contribution in [-0.2, 0) is 31.2 Å². The molecule has 9 N–H and O–H groups in total. The number of Topliss-reactive ketones (excluding diaryl/α,β-unsaturated/α-hetero) is 2. The van der Waals surface area contributed by atoms with Crippen LogP contribution in [0.15, 0.2) is 120 Å². The monoisotopic (exact) mass is 991 g/mol. The molecule has 0 aromatic heterocycles. The van der Waals surface area contributed by atoms with Gasteiger partial charge in [0.2, 0.25) is 5.78 Å². The normalized spacial score (nSPS) is 21.8. The van der Waals surface area contributed by atoms with Gasteiger partial charge < -0.3 is 56.3 Å². The first-order valence-electron chi connectivity index (χ1n) is 21.0. The number of ketones is 2. The molecule has 6 atom stereocenters. The molecule has 0 unspecified atom stereocenters. The van der Waals surface area contributed by atoms with Crippen molar-refractivity contribution in [2.24, 2.45) is 17.6 Å². The van der Waals surface area contributed by atoms with Gasteiger partial charge >= 0.3 is 35.5 Å². The van der Waals surface area contributed by atoms with E-state index in [4.69, 9.17) is 38.8 Å². The van der Waals surface area contributed by atoms with E-state index in [1.54, 1.807) is 50.4 Å². The largest absolute Gasteiger partial charge is 1.00 e. The van der Waals surface area contributed by atoms with Gasteiger partial charge in [0.15, 0.2) is 11.4 Å². The van der Waals surface area contributed by atoms with Gasteiger partial charge in [0.1, 0.15) is 28.6 Å². The number of para-hydroxylation sites is 2. The van der Waals surface area contributed by atoms with E-state index in [1.165, 1.54) is 44.1 Å². The number of phenols is 1. The number of halogens is 2. The number of nitrogens with zero attached hydrogens (tertiary/aromatic N) is 1. The number of rotatable bonds is 9. The summed E-state index contributed by atoms with van der Waals surface area (Å²) in [6, 6.07) is 26.6. The number of phenolic OH excluding ortho intramolecular Hbond substituents is 1. The zero-order valence-corrected chi connectivity index (χ0v) is 41.8. The topological polar surface area (TPSA) is 280 Å². The van der Waals surface area contributed by atoms with Gasteiger partial charge in [0.25, 0.3) is 5.91 Å². The number of hydrogen-bond acceptors (Lipinski definition) is 14. The molecular formula is C50H48Cl2N3NaO13. The number of amides is 1. The third-order valence-corrected chi connectivity index (χ3v) is 13.2. The number of ether oxygens (including phenoxy) is 1. The first-order chi connectivity index (χ1) is 32.0. The van der Waals surface area contributed by atoms with Crippen LogP contribution in [0.5, 0.6) is 11.5 Å². The molecule has 0 fully saturated rings. The van der Waals surface area contributed by atoms with Crippen LogP contribution >= 0.6 is 23.2 Å². The van der Waals surface area contributed by atoms with Crippen LogP contribution in [0.4, 0.5) is 11.4 Å². The Balaban J connectivity index is 0.000000206. The van der Waals surface area contributed by atoms with Gasteiger partial charge in [-0.05, 0) is 91.3 Å². The molecule has 5 aromatic carbocycles. The second-order valence-electron chi connectivity index (χ2n) is 16.9. The van der Waals surface area contributed by atoms with Gasteiger partial charge in [-0.15, -0.1) is 0 Å². The van der Waals surface area contributed by atoms with Crippen LogP contribution in [0.25, 0.3) is 10.8 Å². The van der Waals surface area contributed by atoms with Crippen molar-refractivity contribution in [3.63, 3.8) is 0 Å². The van der Waals surface area contributed by atoms with E-state index in [0.717, 1.165) is 22.1 Å². The van der Waals surface area contributed by atoms with Crippen LogP contribution in [0.1, 0.15) is 53.2 Å². The maximum absolute atomic E-state index is 13.3. The number of nitrogens with two attached hydrogens (primary N) is 1. The molecule has 356 valence electrons. The molecule has 0 spiro atoms. The smallest absolute Gasteiger partial charge is 0.550 e. The minimum atomic E-state index is -2.75. The number of primary amides is 1. The van der Waals surface area contributed by atoms with Crippen molar-refractivity contribution in [1.29, 1.82) is 0 Å². The average Bonchev–Trinajstić information content (AvgIpc) is 3.28. The molecular weight excluding hydrogens is 944 g/mol. The number of aromatic hydroxyl groups is 1. The summed E-state index contributed by atoms with van der Waals surface area (Å²) in [5, 5.41) is 80.8. The van der Waals surface area contributed by atoms with Crippen molar-refractivity contribution in [3.05, 3.63) is 152 Å². The Kier molecular flexibility index (Phi) is 16.7. The Morgan fingerprint density at radius 3 is 2.12 bits per heavy atom. The summed E-state index contributed by atoms with van der Waals surface area (Å²) in [5.74, 6) is -9.64. The van der Waals surface area contributed by atoms with Crippen LogP contribution in [0.2, 0.25) is 10.0 Å². The molecule has 16 nitrogen and oxygen atoms in total. The first kappa shape index (κ1) is 54.0. The molecule has 0 saturated carbocycles. The standard InChI is InChI=1S/C22H24N2O8.C14H11Cl2NO2.C14H14O3.Na/c1-21(31)8-5-4-6-11(25)12(8)16(26)13-9(21)7-10-15(24(2)3)17(27)14(20(23)30)19(29)22(10,32)18(13)28;15-10-5-3-6-11(16)14(10)17-12-7-2-1-4-9(12)8-13(18)19;1-9(14(15)16)10-3-4-12-8-13(17-2)6-5-11(12)7-10;/h4-6,9-10,15,25,27-28,31-32H,7H2,1-3H3,(H2,23,30);1-7,17H,8H2,(H,18,19);3-9H,1-2H3,(H,15,16);/q;;;+1/p-1/t9-,10-,15-,21+,22-;;9-;/m0.0./s1. The number of fused-ring (bicyclic) bond motifs is 4. The third-order valence-electron chi connectivity index (χ3n) is 12.5. The SMILES string of the molecule is CN(C)[C@@H]1C(O)=C(C(N)=O)C(=O)[C@@]2(O)C(O)=C3C(=O)c4c(O)cccc4[C@@](C)(O)[C@H]3C[C@@H]12.COc1ccc2cc([C@H](C)C(=O)[O-])ccc2c1.O=C(O)Cc1ccccc1Nc1c(Cl)cccc1Cl.[Na+]. The molecule has 69 heavy (non-hydrogen) atoms. The van der Waals surface area contributed by atoms with Crippen molar-refractivity contribution < 1.29 is 94.0 Å². The number of aliphatic carboxylic acids is 2. The van der Waals surface area contributed by atoms with Crippen LogP contribution in [-0.4, -0.2) is 97.8 Å². The first-order valence-corrected chi connectivity index (χ1v) is 21.7. The molecule has 0 saturated heterocycles. The maximum atomic E-state index is 13.3. The Morgan fingerprint density at radius 1 is 0.913 bits per heavy atom. The summed E-state index contributed by atoms with van der Waals surface area (Å²) in [6.07, 6.45) is -0.264. The van der Waals surface area contributed by atoms with E-state index >= 15 is 0 Å². The molecule has 8 rings (SSSR count). The molecule has 19 heteroatoms. The molecule has 0 radical (unpaired) electrons. The number of nitrogens with one attached hydrogen (secondary N) is 1. The zero-order valence-electron chi connectivity index (χ0n) is 38.3.